The van der Waals surface area contributed by atoms with Crippen LogP contribution in [0.15, 0.2) is 102 Å². The van der Waals surface area contributed by atoms with Crippen molar-refractivity contribution in [2.75, 3.05) is 7.05 Å². The van der Waals surface area contributed by atoms with E-state index in [4.69, 9.17) is 21.1 Å². The van der Waals surface area contributed by atoms with Crippen LogP contribution in [-0.2, 0) is 24.3 Å². The molecule has 0 N–H and O–H groups in total. The van der Waals surface area contributed by atoms with E-state index in [-0.39, 0.29) is 12.3 Å². The Bertz CT molecular complexity index is 1460. The second kappa shape index (κ2) is 10.6. The van der Waals surface area contributed by atoms with Gasteiger partial charge in [-0.05, 0) is 23.8 Å². The van der Waals surface area contributed by atoms with Crippen molar-refractivity contribution >= 4 is 17.5 Å². The van der Waals surface area contributed by atoms with Gasteiger partial charge >= 0.3 is 0 Å². The minimum absolute atomic E-state index is 0.0548. The van der Waals surface area contributed by atoms with Crippen LogP contribution in [0.3, 0.4) is 0 Å². The first-order valence-corrected chi connectivity index (χ1v) is 12.0. The molecule has 0 saturated carbocycles. The lowest BCUT2D eigenvalue weighted by Gasteiger charge is -2.16. The van der Waals surface area contributed by atoms with Crippen LogP contribution < -0.4 is 0 Å². The molecule has 0 spiro atoms. The summed E-state index contributed by atoms with van der Waals surface area (Å²) >= 11 is 6.37. The lowest BCUT2D eigenvalue weighted by molar-refractivity contribution is -0.129. The normalized spacial score (nSPS) is 10.9. The molecule has 5 rings (SSSR count). The number of hydrogen-bond acceptors (Lipinski definition) is 4. The zero-order valence-electron chi connectivity index (χ0n) is 19.8. The number of nitrogens with zero attached hydrogens (tertiary/aromatic N) is 4. The van der Waals surface area contributed by atoms with Gasteiger partial charge in [-0.2, -0.15) is 5.10 Å². The van der Waals surface area contributed by atoms with Gasteiger partial charge in [0.25, 0.3) is 0 Å². The summed E-state index contributed by atoms with van der Waals surface area (Å²) in [6.07, 6.45) is 3.69. The Morgan fingerprint density at radius 1 is 0.917 bits per heavy atom. The van der Waals surface area contributed by atoms with E-state index in [0.29, 0.717) is 29.7 Å². The van der Waals surface area contributed by atoms with E-state index < -0.39 is 0 Å². The van der Waals surface area contributed by atoms with Gasteiger partial charge in [-0.1, -0.05) is 78.3 Å². The summed E-state index contributed by atoms with van der Waals surface area (Å²) in [4.78, 5) is 19.2. The van der Waals surface area contributed by atoms with Gasteiger partial charge in [0, 0.05) is 41.5 Å². The van der Waals surface area contributed by atoms with E-state index in [1.807, 2.05) is 95.8 Å². The molecule has 6 nitrogen and oxygen atoms in total. The molecule has 7 heteroatoms. The molecule has 0 unspecified atom stereocenters. The minimum atomic E-state index is -0.0548. The Labute approximate surface area is 214 Å². The van der Waals surface area contributed by atoms with Crippen molar-refractivity contribution in [3.05, 3.63) is 119 Å². The highest BCUT2D eigenvalue weighted by molar-refractivity contribution is 6.31. The minimum Gasteiger partial charge on any atom is -0.444 e. The first-order chi connectivity index (χ1) is 17.6. The van der Waals surface area contributed by atoms with Crippen LogP contribution in [0.5, 0.6) is 0 Å². The van der Waals surface area contributed by atoms with Crippen molar-refractivity contribution in [1.29, 1.82) is 0 Å². The van der Waals surface area contributed by atoms with Crippen LogP contribution in [0, 0.1) is 0 Å². The fraction of sp³-hybridized carbons (Fsp3) is 0.138. The van der Waals surface area contributed by atoms with Crippen LogP contribution in [-0.4, -0.2) is 32.6 Å². The molecule has 3 aromatic carbocycles. The summed E-state index contributed by atoms with van der Waals surface area (Å²) in [6.45, 7) is 0.952. The standard InChI is InChI=1S/C29H25ClN4O2/c1-33(27(35)16-25-20-36-29(31-25)22-12-6-3-7-13-22)17-24-19-34(18-23-14-8-9-15-26(23)30)32-28(24)21-10-4-2-5-11-21/h2-15,19-20H,16-18H2,1H3. The van der Waals surface area contributed by atoms with Crippen LogP contribution in [0.25, 0.3) is 22.7 Å². The Morgan fingerprint density at radius 3 is 2.31 bits per heavy atom. The molecular weight excluding hydrogens is 472 g/mol. The van der Waals surface area contributed by atoms with Gasteiger partial charge in [-0.25, -0.2) is 4.98 Å². The molecule has 0 radical (unpaired) electrons. The number of halogens is 1. The van der Waals surface area contributed by atoms with Gasteiger partial charge in [0.1, 0.15) is 6.26 Å². The smallest absolute Gasteiger partial charge is 0.228 e. The zero-order valence-corrected chi connectivity index (χ0v) is 20.6. The molecule has 2 aromatic heterocycles. The quantitative estimate of drug-likeness (QED) is 0.260. The number of carbonyl (C=O) groups is 1. The number of likely N-dealkylation sites (N-methyl/N-ethyl adjacent to an activating group) is 1. The van der Waals surface area contributed by atoms with Crippen molar-refractivity contribution in [2.24, 2.45) is 0 Å². The monoisotopic (exact) mass is 496 g/mol. The first kappa shape index (κ1) is 23.6. The summed E-state index contributed by atoms with van der Waals surface area (Å²) in [7, 11) is 1.79. The van der Waals surface area contributed by atoms with Gasteiger partial charge < -0.3 is 9.32 Å². The van der Waals surface area contributed by atoms with Crippen LogP contribution in [0.4, 0.5) is 0 Å². The molecule has 0 saturated heterocycles. The first-order valence-electron chi connectivity index (χ1n) is 11.7. The van der Waals surface area contributed by atoms with E-state index in [1.54, 1.807) is 18.2 Å². The topological polar surface area (TPSA) is 64.2 Å². The lowest BCUT2D eigenvalue weighted by Crippen LogP contribution is -2.27. The van der Waals surface area contributed by atoms with E-state index in [9.17, 15) is 4.79 Å². The average molecular weight is 497 g/mol. The molecule has 0 aliphatic carbocycles. The predicted molar refractivity (Wildman–Crippen MR) is 140 cm³/mol. The maximum atomic E-state index is 13.1. The van der Waals surface area contributed by atoms with Crippen molar-refractivity contribution in [2.45, 2.75) is 19.5 Å². The molecule has 2 heterocycles. The van der Waals surface area contributed by atoms with Crippen molar-refractivity contribution in [1.82, 2.24) is 19.7 Å². The largest absolute Gasteiger partial charge is 0.444 e. The van der Waals surface area contributed by atoms with Gasteiger partial charge in [0.15, 0.2) is 0 Å². The van der Waals surface area contributed by atoms with Crippen LogP contribution in [0.2, 0.25) is 5.02 Å². The Balaban J connectivity index is 1.34. The molecular formula is C29H25ClN4O2. The summed E-state index contributed by atoms with van der Waals surface area (Å²) in [5.74, 6) is 0.453. The third-order valence-corrected chi connectivity index (χ3v) is 6.28. The maximum absolute atomic E-state index is 13.1. The molecule has 0 aliphatic rings. The second-order valence-electron chi connectivity index (χ2n) is 8.59. The highest BCUT2D eigenvalue weighted by atomic mass is 35.5. The predicted octanol–water partition coefficient (Wildman–Crippen LogP) is 6.11. The Kier molecular flexibility index (Phi) is 6.96. The van der Waals surface area contributed by atoms with E-state index in [0.717, 1.165) is 27.9 Å². The zero-order chi connectivity index (χ0) is 24.9. The fourth-order valence-corrected chi connectivity index (χ4v) is 4.23. The molecule has 0 aliphatic heterocycles. The summed E-state index contributed by atoms with van der Waals surface area (Å²) in [5.41, 5.74) is 5.25. The highest BCUT2D eigenvalue weighted by Crippen LogP contribution is 2.25. The summed E-state index contributed by atoms with van der Waals surface area (Å²) < 4.78 is 7.47. The molecule has 5 aromatic rings. The number of hydrogen-bond donors (Lipinski definition) is 0. The third-order valence-electron chi connectivity index (χ3n) is 5.91. The van der Waals surface area contributed by atoms with E-state index in [1.165, 1.54) is 0 Å². The number of oxazole rings is 1. The fourth-order valence-electron chi connectivity index (χ4n) is 4.03. The van der Waals surface area contributed by atoms with Crippen LogP contribution >= 0.6 is 11.6 Å². The second-order valence-corrected chi connectivity index (χ2v) is 9.00. The SMILES string of the molecule is CN(Cc1cn(Cc2ccccc2Cl)nc1-c1ccccc1)C(=O)Cc1coc(-c2ccccc2)n1. The van der Waals surface area contributed by atoms with Gasteiger partial charge in [-0.3, -0.25) is 9.48 Å². The highest BCUT2D eigenvalue weighted by Gasteiger charge is 2.18. The molecule has 0 bridgehead atoms. The number of aromatic nitrogens is 3. The Hall–Kier alpha value is -4.16. The number of amides is 1. The van der Waals surface area contributed by atoms with Crippen molar-refractivity contribution in [3.8, 4) is 22.7 Å². The molecule has 0 fully saturated rings. The van der Waals surface area contributed by atoms with Crippen LogP contribution in [0.1, 0.15) is 16.8 Å². The summed E-state index contributed by atoms with van der Waals surface area (Å²) in [6, 6.07) is 27.4. The lowest BCUT2D eigenvalue weighted by atomic mass is 10.1. The molecule has 0 atom stereocenters. The van der Waals surface area contributed by atoms with E-state index >= 15 is 0 Å². The number of benzene rings is 3. The maximum Gasteiger partial charge on any atom is 0.228 e. The average Bonchev–Trinajstić information content (AvgIpc) is 3.53. The number of rotatable bonds is 8. The Morgan fingerprint density at radius 2 is 1.58 bits per heavy atom. The van der Waals surface area contributed by atoms with Gasteiger partial charge in [0.05, 0.1) is 24.4 Å². The third kappa shape index (κ3) is 5.39. The van der Waals surface area contributed by atoms with E-state index in [2.05, 4.69) is 4.98 Å². The molecule has 36 heavy (non-hydrogen) atoms. The van der Waals surface area contributed by atoms with Gasteiger partial charge in [-0.15, -0.1) is 0 Å². The number of carbonyl (C=O) groups excluding carboxylic acids is 1. The van der Waals surface area contributed by atoms with Gasteiger partial charge in [0.2, 0.25) is 11.8 Å². The molecule has 1 amide bonds. The van der Waals surface area contributed by atoms with Crippen molar-refractivity contribution < 1.29 is 9.21 Å². The summed E-state index contributed by atoms with van der Waals surface area (Å²) in [5, 5.41) is 5.54. The molecule has 180 valence electrons. The van der Waals surface area contributed by atoms with Crippen molar-refractivity contribution in [3.63, 3.8) is 0 Å².